The molecular weight excluding hydrogens is 280 g/mol. The van der Waals surface area contributed by atoms with Gasteiger partial charge >= 0.3 is 5.97 Å². The molecular formula is C18H34O2S. The number of rotatable bonds is 15. The normalized spacial score (nSPS) is 10.6. The third kappa shape index (κ3) is 15.8. The molecule has 2 nitrogen and oxygen atoms in total. The molecule has 0 N–H and O–H groups in total. The Kier molecular flexibility index (Phi) is 15.6. The number of carbonyl (C=O) groups excluding carboxylic acids is 1. The first-order valence-corrected chi connectivity index (χ1v) is 9.74. The lowest BCUT2D eigenvalue weighted by Crippen LogP contribution is -2.07. The first kappa shape index (κ1) is 20.6. The van der Waals surface area contributed by atoms with E-state index in [-0.39, 0.29) is 5.97 Å². The van der Waals surface area contributed by atoms with Crippen LogP contribution in [0.25, 0.3) is 0 Å². The van der Waals surface area contributed by atoms with Crippen molar-refractivity contribution in [1.29, 1.82) is 0 Å². The number of ether oxygens (including phenoxy) is 1. The SMILES string of the molecule is C=C(C)C(=O)OCCSCCCCCCCCCCCC. The van der Waals surface area contributed by atoms with Gasteiger partial charge in [0.05, 0.1) is 0 Å². The second kappa shape index (κ2) is 15.9. The van der Waals surface area contributed by atoms with E-state index in [1.165, 1.54) is 70.0 Å². The van der Waals surface area contributed by atoms with Crippen molar-refractivity contribution in [1.82, 2.24) is 0 Å². The van der Waals surface area contributed by atoms with Gasteiger partial charge in [-0.3, -0.25) is 0 Å². The quantitative estimate of drug-likeness (QED) is 0.218. The maximum atomic E-state index is 11.1. The predicted molar refractivity (Wildman–Crippen MR) is 94.9 cm³/mol. The van der Waals surface area contributed by atoms with Crippen molar-refractivity contribution in [2.75, 3.05) is 18.1 Å². The average Bonchev–Trinajstić information content (AvgIpc) is 2.47. The average molecular weight is 315 g/mol. The molecule has 21 heavy (non-hydrogen) atoms. The fourth-order valence-corrected chi connectivity index (χ4v) is 2.92. The number of thioether (sulfide) groups is 1. The van der Waals surface area contributed by atoms with Gasteiger partial charge in [0.15, 0.2) is 0 Å². The summed E-state index contributed by atoms with van der Waals surface area (Å²) in [5.74, 6) is 1.81. The van der Waals surface area contributed by atoms with Gasteiger partial charge in [0.1, 0.15) is 6.61 Å². The van der Waals surface area contributed by atoms with Gasteiger partial charge in [-0.25, -0.2) is 4.79 Å². The standard InChI is InChI=1S/C18H34O2S/c1-4-5-6-7-8-9-10-11-12-13-15-21-16-14-20-18(19)17(2)3/h2,4-16H2,1,3H3. The third-order valence-electron chi connectivity index (χ3n) is 3.45. The van der Waals surface area contributed by atoms with Crippen molar-refractivity contribution in [3.05, 3.63) is 12.2 Å². The second-order valence-electron chi connectivity index (χ2n) is 5.71. The Bertz CT molecular complexity index is 264. The Hall–Kier alpha value is -0.440. The monoisotopic (exact) mass is 314 g/mol. The number of carbonyl (C=O) groups is 1. The van der Waals surface area contributed by atoms with Crippen molar-refractivity contribution >= 4 is 17.7 Å². The van der Waals surface area contributed by atoms with E-state index >= 15 is 0 Å². The van der Waals surface area contributed by atoms with Crippen molar-refractivity contribution in [2.24, 2.45) is 0 Å². The molecule has 0 fully saturated rings. The van der Waals surface area contributed by atoms with E-state index in [0.29, 0.717) is 12.2 Å². The lowest BCUT2D eigenvalue weighted by molar-refractivity contribution is -0.138. The van der Waals surface area contributed by atoms with Gasteiger partial charge in [0.25, 0.3) is 0 Å². The van der Waals surface area contributed by atoms with Crippen LogP contribution in [0.3, 0.4) is 0 Å². The van der Waals surface area contributed by atoms with Crippen molar-refractivity contribution in [2.45, 2.75) is 78.1 Å². The molecule has 0 saturated heterocycles. The van der Waals surface area contributed by atoms with E-state index < -0.39 is 0 Å². The van der Waals surface area contributed by atoms with Crippen molar-refractivity contribution in [3.63, 3.8) is 0 Å². The molecule has 124 valence electrons. The summed E-state index contributed by atoms with van der Waals surface area (Å²) in [6.45, 7) is 8.01. The summed E-state index contributed by atoms with van der Waals surface area (Å²) in [7, 11) is 0. The summed E-state index contributed by atoms with van der Waals surface area (Å²) in [5, 5.41) is 0. The highest BCUT2D eigenvalue weighted by Gasteiger charge is 2.01. The molecule has 0 aliphatic rings. The number of esters is 1. The van der Waals surface area contributed by atoms with E-state index in [1.807, 2.05) is 11.8 Å². The van der Waals surface area contributed by atoms with E-state index in [2.05, 4.69) is 13.5 Å². The molecule has 0 radical (unpaired) electrons. The predicted octanol–water partition coefficient (Wildman–Crippen LogP) is 5.76. The summed E-state index contributed by atoms with van der Waals surface area (Å²) < 4.78 is 5.04. The smallest absolute Gasteiger partial charge is 0.333 e. The fraction of sp³-hybridized carbons (Fsp3) is 0.833. The van der Waals surface area contributed by atoms with E-state index in [4.69, 9.17) is 4.74 Å². The molecule has 0 saturated carbocycles. The number of hydrogen-bond donors (Lipinski definition) is 0. The summed E-state index contributed by atoms with van der Waals surface area (Å²) in [6, 6.07) is 0. The fourth-order valence-electron chi connectivity index (χ4n) is 2.11. The minimum Gasteiger partial charge on any atom is -0.461 e. The van der Waals surface area contributed by atoms with Crippen LogP contribution in [0.4, 0.5) is 0 Å². The number of unbranched alkanes of at least 4 members (excludes halogenated alkanes) is 9. The van der Waals surface area contributed by atoms with Gasteiger partial charge in [-0.2, -0.15) is 11.8 Å². The zero-order valence-electron chi connectivity index (χ0n) is 14.1. The Morgan fingerprint density at radius 2 is 1.43 bits per heavy atom. The molecule has 3 heteroatoms. The highest BCUT2D eigenvalue weighted by molar-refractivity contribution is 7.99. The first-order valence-electron chi connectivity index (χ1n) is 8.58. The Morgan fingerprint density at radius 1 is 0.905 bits per heavy atom. The molecule has 0 aliphatic carbocycles. The minimum absolute atomic E-state index is 0.269. The van der Waals surface area contributed by atoms with Gasteiger partial charge in [0.2, 0.25) is 0 Å². The lowest BCUT2D eigenvalue weighted by atomic mass is 10.1. The van der Waals surface area contributed by atoms with Crippen LogP contribution in [0.2, 0.25) is 0 Å². The Balaban J connectivity index is 3.06. The minimum atomic E-state index is -0.269. The Labute approximate surface area is 136 Å². The van der Waals surface area contributed by atoms with Gasteiger partial charge < -0.3 is 4.74 Å². The van der Waals surface area contributed by atoms with Gasteiger partial charge in [-0.1, -0.05) is 71.3 Å². The lowest BCUT2D eigenvalue weighted by Gasteiger charge is -2.04. The van der Waals surface area contributed by atoms with Crippen LogP contribution in [0.1, 0.15) is 78.1 Å². The summed E-state index contributed by atoms with van der Waals surface area (Å²) in [4.78, 5) is 11.1. The molecule has 0 amide bonds. The van der Waals surface area contributed by atoms with Crippen LogP contribution in [0, 0.1) is 0 Å². The first-order chi connectivity index (χ1) is 10.2. The summed E-state index contributed by atoms with van der Waals surface area (Å²) in [6.07, 6.45) is 13.8. The van der Waals surface area contributed by atoms with Gasteiger partial charge in [-0.15, -0.1) is 0 Å². The molecule has 0 aromatic heterocycles. The second-order valence-corrected chi connectivity index (χ2v) is 6.94. The Morgan fingerprint density at radius 3 is 1.95 bits per heavy atom. The zero-order chi connectivity index (χ0) is 15.8. The summed E-state index contributed by atoms with van der Waals surface area (Å²) >= 11 is 1.88. The van der Waals surface area contributed by atoms with E-state index in [9.17, 15) is 4.79 Å². The van der Waals surface area contributed by atoms with Crippen LogP contribution in [-0.4, -0.2) is 24.1 Å². The largest absolute Gasteiger partial charge is 0.461 e. The molecule has 0 spiro atoms. The molecule has 0 aliphatic heterocycles. The van der Waals surface area contributed by atoms with Crippen molar-refractivity contribution < 1.29 is 9.53 Å². The molecule has 0 rings (SSSR count). The van der Waals surface area contributed by atoms with Crippen LogP contribution < -0.4 is 0 Å². The number of hydrogen-bond acceptors (Lipinski definition) is 3. The van der Waals surface area contributed by atoms with E-state index in [1.54, 1.807) is 6.92 Å². The van der Waals surface area contributed by atoms with Crippen LogP contribution >= 0.6 is 11.8 Å². The van der Waals surface area contributed by atoms with Crippen LogP contribution in [0.5, 0.6) is 0 Å². The highest BCUT2D eigenvalue weighted by atomic mass is 32.2. The van der Waals surface area contributed by atoms with Crippen LogP contribution in [0.15, 0.2) is 12.2 Å². The van der Waals surface area contributed by atoms with E-state index in [0.717, 1.165) is 5.75 Å². The molecule has 0 bridgehead atoms. The van der Waals surface area contributed by atoms with Crippen molar-refractivity contribution in [3.8, 4) is 0 Å². The maximum absolute atomic E-state index is 11.1. The van der Waals surface area contributed by atoms with Gasteiger partial charge in [-0.05, 0) is 19.1 Å². The van der Waals surface area contributed by atoms with Crippen LogP contribution in [-0.2, 0) is 9.53 Å². The summed E-state index contributed by atoms with van der Waals surface area (Å²) in [5.41, 5.74) is 0.481. The van der Waals surface area contributed by atoms with Gasteiger partial charge in [0, 0.05) is 11.3 Å². The molecule has 0 unspecified atom stereocenters. The zero-order valence-corrected chi connectivity index (χ0v) is 14.9. The third-order valence-corrected chi connectivity index (χ3v) is 4.48. The maximum Gasteiger partial charge on any atom is 0.333 e. The molecule has 0 aromatic carbocycles. The molecule has 0 aromatic rings. The molecule has 0 heterocycles. The topological polar surface area (TPSA) is 26.3 Å². The molecule has 0 atom stereocenters. The highest BCUT2D eigenvalue weighted by Crippen LogP contribution is 2.12.